The van der Waals surface area contributed by atoms with Crippen molar-refractivity contribution < 1.29 is 4.42 Å². The number of fused-ring (bicyclic) bond motifs is 8. The summed E-state index contributed by atoms with van der Waals surface area (Å²) in [6.07, 6.45) is 5.93. The van der Waals surface area contributed by atoms with Crippen LogP contribution in [0.15, 0.2) is 180 Å². The van der Waals surface area contributed by atoms with Crippen molar-refractivity contribution in [1.82, 2.24) is 0 Å². The number of para-hydroxylation sites is 2. The van der Waals surface area contributed by atoms with E-state index in [4.69, 9.17) is 4.42 Å². The summed E-state index contributed by atoms with van der Waals surface area (Å²) >= 11 is 0. The lowest BCUT2D eigenvalue weighted by Crippen LogP contribution is -2.25. The van der Waals surface area contributed by atoms with E-state index >= 15 is 0 Å². The maximum atomic E-state index is 5.87. The average Bonchev–Trinajstić information content (AvgIpc) is 4.16. The lowest BCUT2D eigenvalue weighted by Gasteiger charge is -2.32. The molecule has 0 saturated carbocycles. The fourth-order valence-electron chi connectivity index (χ4n) is 11.9. The van der Waals surface area contributed by atoms with E-state index in [2.05, 4.69) is 275 Å². The first kappa shape index (κ1) is 57.7. The molecule has 1 heterocycles. The van der Waals surface area contributed by atoms with Crippen LogP contribution in [0.5, 0.6) is 0 Å². The maximum Gasteiger partial charge on any atom is 0.138 e. The molecule has 11 rings (SSSR count). The zero-order valence-electron chi connectivity index (χ0n) is 49.8. The summed E-state index contributed by atoms with van der Waals surface area (Å²) in [5, 5.41) is 5.26. The molecule has 0 fully saturated rings. The Morgan fingerprint density at radius 1 is 0.442 bits per heavy atom. The molecule has 0 amide bonds. The molecule has 1 aliphatic carbocycles. The van der Waals surface area contributed by atoms with Crippen molar-refractivity contribution in [3.05, 3.63) is 248 Å². The van der Waals surface area contributed by atoms with Gasteiger partial charge in [0.25, 0.3) is 0 Å². The van der Waals surface area contributed by atoms with E-state index in [1.54, 1.807) is 11.1 Å². The second-order valence-corrected chi connectivity index (χ2v) is 23.3. The molecule has 1 nitrogen and oxygen atoms in total. The summed E-state index contributed by atoms with van der Waals surface area (Å²) < 4.78 is 5.87. The van der Waals surface area contributed by atoms with Crippen LogP contribution in [-0.2, 0) is 17.3 Å². The van der Waals surface area contributed by atoms with Gasteiger partial charge in [0.2, 0.25) is 0 Å². The van der Waals surface area contributed by atoms with Gasteiger partial charge in [-0.15, -0.1) is 0 Å². The van der Waals surface area contributed by atoms with Gasteiger partial charge in [-0.1, -0.05) is 266 Å². The molecule has 10 aromatic rings. The first-order valence-electron chi connectivity index (χ1n) is 28.6. The minimum Gasteiger partial charge on any atom is -0.456 e. The Morgan fingerprint density at radius 3 is 1.58 bits per heavy atom. The van der Waals surface area contributed by atoms with E-state index in [1.807, 2.05) is 12.1 Å². The minimum atomic E-state index is 0.189. The fraction of sp³-hybridized carbons (Fsp3) is 0.316. The highest BCUT2D eigenvalue weighted by molar-refractivity contribution is 6.06. The summed E-state index contributed by atoms with van der Waals surface area (Å²) in [7, 11) is 0. The molecule has 398 valence electrons. The number of aryl methyl sites for hydroxylation is 8. The summed E-state index contributed by atoms with van der Waals surface area (Å²) in [5.41, 5.74) is 26.4. The maximum absolute atomic E-state index is 5.87. The molecule has 77 heavy (non-hydrogen) atoms. The fourth-order valence-corrected chi connectivity index (χ4v) is 11.9. The van der Waals surface area contributed by atoms with Crippen LogP contribution in [-0.4, -0.2) is 0 Å². The van der Waals surface area contributed by atoms with Crippen LogP contribution in [0, 0.1) is 55.4 Å². The van der Waals surface area contributed by atoms with Crippen molar-refractivity contribution in [1.29, 1.82) is 0 Å². The lowest BCUT2D eigenvalue weighted by molar-refractivity contribution is 0.435. The zero-order chi connectivity index (χ0) is 55.6. The van der Waals surface area contributed by atoms with E-state index in [-0.39, 0.29) is 10.8 Å². The molecule has 0 unspecified atom stereocenters. The van der Waals surface area contributed by atoms with Crippen LogP contribution < -0.4 is 0 Å². The molecule has 1 aliphatic rings. The van der Waals surface area contributed by atoms with Crippen molar-refractivity contribution in [3.63, 3.8) is 0 Å². The Morgan fingerprint density at radius 2 is 0.987 bits per heavy atom. The van der Waals surface area contributed by atoms with E-state index in [9.17, 15) is 0 Å². The van der Waals surface area contributed by atoms with Gasteiger partial charge in [-0.25, -0.2) is 0 Å². The minimum absolute atomic E-state index is 0.189. The van der Waals surface area contributed by atoms with Crippen molar-refractivity contribution in [2.75, 3.05) is 0 Å². The monoisotopic (exact) mass is 1020 g/mol. The summed E-state index contributed by atoms with van der Waals surface area (Å²) in [6.45, 7) is 35.4. The second kappa shape index (κ2) is 25.5. The first-order valence-corrected chi connectivity index (χ1v) is 28.6. The van der Waals surface area contributed by atoms with Crippen molar-refractivity contribution >= 4 is 32.7 Å². The summed E-state index contributed by atoms with van der Waals surface area (Å²) in [6, 6.07) is 63.7. The van der Waals surface area contributed by atoms with Crippen LogP contribution in [0.3, 0.4) is 0 Å². The zero-order valence-corrected chi connectivity index (χ0v) is 49.8. The van der Waals surface area contributed by atoms with Gasteiger partial charge in [-0.2, -0.15) is 0 Å². The van der Waals surface area contributed by atoms with Crippen LogP contribution in [0.4, 0.5) is 0 Å². The molecule has 1 heteroatoms. The highest BCUT2D eigenvalue weighted by Gasteiger charge is 2.42. The van der Waals surface area contributed by atoms with Gasteiger partial charge in [0.15, 0.2) is 0 Å². The SMILES string of the molecule is CCCC1(CCC)c2cc(C)ccc2-c2c1cc(C)c1ccccc21.CCc1cccc2c1oc1ccccc12.Cc1cc(C)cc(C)c1.Cc1ccc(C(C)(C)C)cc1.Cc1ccccc1-c1cccc(C(C)C)c1C. The highest BCUT2D eigenvalue weighted by atomic mass is 16.3. The molecule has 0 bridgehead atoms. The number of hydrogen-bond acceptors (Lipinski definition) is 1. The Hall–Kier alpha value is -6.96. The predicted octanol–water partition coefficient (Wildman–Crippen LogP) is 22.5. The van der Waals surface area contributed by atoms with Crippen LogP contribution in [0.25, 0.3) is 55.0 Å². The van der Waals surface area contributed by atoms with E-state index < -0.39 is 0 Å². The highest BCUT2D eigenvalue weighted by Crippen LogP contribution is 2.56. The molecule has 0 radical (unpaired) electrons. The first-order chi connectivity index (χ1) is 36.8. The Bertz CT molecular complexity index is 3510. The van der Waals surface area contributed by atoms with Gasteiger partial charge in [0, 0.05) is 16.2 Å². The van der Waals surface area contributed by atoms with Crippen molar-refractivity contribution in [3.8, 4) is 22.3 Å². The van der Waals surface area contributed by atoms with Gasteiger partial charge < -0.3 is 4.42 Å². The third-order valence-electron chi connectivity index (χ3n) is 15.7. The Labute approximate surface area is 464 Å². The molecule has 0 N–H and O–H groups in total. The molecule has 0 aliphatic heterocycles. The molecular weight excluding hydrogens is 929 g/mol. The topological polar surface area (TPSA) is 13.1 Å². The van der Waals surface area contributed by atoms with Gasteiger partial charge in [-0.05, 0) is 170 Å². The number of rotatable bonds is 7. The third kappa shape index (κ3) is 13.2. The summed E-state index contributed by atoms with van der Waals surface area (Å²) in [5.74, 6) is 0.582. The molecule has 9 aromatic carbocycles. The largest absolute Gasteiger partial charge is 0.456 e. The normalized spacial score (nSPS) is 12.1. The number of benzene rings is 9. The van der Waals surface area contributed by atoms with Crippen LogP contribution in [0.2, 0.25) is 0 Å². The molecule has 0 saturated heterocycles. The summed E-state index contributed by atoms with van der Waals surface area (Å²) in [4.78, 5) is 0. The van der Waals surface area contributed by atoms with E-state index in [0.29, 0.717) is 5.92 Å². The smallest absolute Gasteiger partial charge is 0.138 e. The van der Waals surface area contributed by atoms with Gasteiger partial charge in [-0.3, -0.25) is 0 Å². The quantitative estimate of drug-likeness (QED) is 0.155. The molecule has 0 spiro atoms. The van der Waals surface area contributed by atoms with Crippen molar-refractivity contribution in [2.45, 2.75) is 160 Å². The Balaban J connectivity index is 0.000000146. The van der Waals surface area contributed by atoms with Gasteiger partial charge in [0.1, 0.15) is 11.2 Å². The van der Waals surface area contributed by atoms with Gasteiger partial charge >= 0.3 is 0 Å². The van der Waals surface area contributed by atoms with E-state index in [0.717, 1.165) is 17.6 Å². The molecule has 1 aromatic heterocycles. The predicted molar refractivity (Wildman–Crippen MR) is 339 cm³/mol. The Kier molecular flexibility index (Phi) is 19.1. The second-order valence-electron chi connectivity index (χ2n) is 23.3. The lowest BCUT2D eigenvalue weighted by atomic mass is 9.71. The van der Waals surface area contributed by atoms with Gasteiger partial charge in [0.05, 0.1) is 0 Å². The van der Waals surface area contributed by atoms with E-state index in [1.165, 1.54) is 131 Å². The third-order valence-corrected chi connectivity index (χ3v) is 15.7. The average molecular weight is 1020 g/mol. The standard InChI is InChI=1S/C25H28.C17H20.C14H12O.C11H16.C9H12/c1-5-13-25(14-6-2)22-15-17(3)11-12-21(22)24-20-10-8-7-9-19(20)18(4)16-23(24)25;1-12(2)15-10-7-11-17(14(15)4)16-9-6-5-8-13(16)3;1-2-10-6-5-8-12-11-7-3-4-9-13(11)15-14(10)12;1-9-5-7-10(8-6-9)11(2,3)4;1-7-4-8(2)6-9(3)5-7/h7-12,15-16H,5-6,13-14H2,1-4H3;5-12H,1-4H3;3-9H,2H2,1H3;5-8H,1-4H3;4-6H,1-3H3. The molecular formula is C76H88O. The number of furan rings is 1. The van der Waals surface area contributed by atoms with Crippen LogP contribution in [0.1, 0.15) is 159 Å². The van der Waals surface area contributed by atoms with Crippen molar-refractivity contribution in [2.24, 2.45) is 0 Å². The number of hydrogen-bond donors (Lipinski definition) is 0. The van der Waals surface area contributed by atoms with Crippen LogP contribution >= 0.6 is 0 Å². The molecule has 0 atom stereocenters.